The van der Waals surface area contributed by atoms with Gasteiger partial charge in [0.05, 0.1) is 11.8 Å². The van der Waals surface area contributed by atoms with Crippen molar-refractivity contribution < 1.29 is 14.7 Å². The summed E-state index contributed by atoms with van der Waals surface area (Å²) in [6.07, 6.45) is 4.92. The SMILES string of the molecule is CCN(CCC(=O)O)C(=O)C1(CN)CCCCC1. The number of carbonyl (C=O) groups excluding carboxylic acids is 1. The molecule has 1 amide bonds. The molecule has 3 N–H and O–H groups in total. The average Bonchev–Trinajstić information content (AvgIpc) is 2.39. The summed E-state index contributed by atoms with van der Waals surface area (Å²) in [5.41, 5.74) is 5.39. The number of rotatable bonds is 6. The van der Waals surface area contributed by atoms with E-state index in [4.69, 9.17) is 10.8 Å². The molecule has 0 atom stereocenters. The summed E-state index contributed by atoms with van der Waals surface area (Å²) in [6, 6.07) is 0. The third-order valence-electron chi connectivity index (χ3n) is 3.92. The number of hydrogen-bond acceptors (Lipinski definition) is 3. The number of aliphatic carboxylic acids is 1. The monoisotopic (exact) mass is 256 g/mol. The van der Waals surface area contributed by atoms with Crippen LogP contribution in [0.2, 0.25) is 0 Å². The molecular weight excluding hydrogens is 232 g/mol. The van der Waals surface area contributed by atoms with Crippen LogP contribution in [0, 0.1) is 5.41 Å². The zero-order chi connectivity index (χ0) is 13.6. The minimum absolute atomic E-state index is 0.000230. The molecule has 0 heterocycles. The highest BCUT2D eigenvalue weighted by molar-refractivity contribution is 5.83. The summed E-state index contributed by atoms with van der Waals surface area (Å²) < 4.78 is 0. The average molecular weight is 256 g/mol. The lowest BCUT2D eigenvalue weighted by Gasteiger charge is -2.38. The van der Waals surface area contributed by atoms with Crippen LogP contribution in [0.15, 0.2) is 0 Å². The Morgan fingerprint density at radius 2 is 1.89 bits per heavy atom. The molecule has 1 rings (SSSR count). The van der Waals surface area contributed by atoms with Crippen molar-refractivity contribution in [2.75, 3.05) is 19.6 Å². The first-order valence-electron chi connectivity index (χ1n) is 6.77. The molecule has 5 heteroatoms. The van der Waals surface area contributed by atoms with Gasteiger partial charge in [0.1, 0.15) is 0 Å². The maximum absolute atomic E-state index is 12.5. The van der Waals surface area contributed by atoms with E-state index >= 15 is 0 Å². The maximum atomic E-state index is 12.5. The van der Waals surface area contributed by atoms with Crippen LogP contribution in [0.1, 0.15) is 45.4 Å². The van der Waals surface area contributed by atoms with Crippen LogP contribution in [0.25, 0.3) is 0 Å². The zero-order valence-electron chi connectivity index (χ0n) is 11.2. The number of amides is 1. The van der Waals surface area contributed by atoms with Gasteiger partial charge in [0.2, 0.25) is 5.91 Å². The highest BCUT2D eigenvalue weighted by Crippen LogP contribution is 2.37. The van der Waals surface area contributed by atoms with Gasteiger partial charge in [0.25, 0.3) is 0 Å². The molecule has 18 heavy (non-hydrogen) atoms. The topological polar surface area (TPSA) is 83.6 Å². The molecule has 1 fully saturated rings. The normalized spacial score (nSPS) is 18.3. The van der Waals surface area contributed by atoms with Gasteiger partial charge in [-0.3, -0.25) is 9.59 Å². The van der Waals surface area contributed by atoms with E-state index in [1.165, 1.54) is 0 Å². The lowest BCUT2D eigenvalue weighted by atomic mass is 9.73. The summed E-state index contributed by atoms with van der Waals surface area (Å²) in [6.45, 7) is 3.09. The first kappa shape index (κ1) is 15.0. The van der Waals surface area contributed by atoms with Gasteiger partial charge >= 0.3 is 5.97 Å². The Bertz CT molecular complexity index is 299. The predicted octanol–water partition coefficient (Wildman–Crippen LogP) is 1.22. The van der Waals surface area contributed by atoms with Crippen molar-refractivity contribution in [3.8, 4) is 0 Å². The highest BCUT2D eigenvalue weighted by Gasteiger charge is 2.40. The molecule has 0 aromatic heterocycles. The highest BCUT2D eigenvalue weighted by atomic mass is 16.4. The van der Waals surface area contributed by atoms with Crippen LogP contribution in [0.5, 0.6) is 0 Å². The maximum Gasteiger partial charge on any atom is 0.305 e. The van der Waals surface area contributed by atoms with E-state index < -0.39 is 11.4 Å². The van der Waals surface area contributed by atoms with E-state index in [1.807, 2.05) is 6.92 Å². The third kappa shape index (κ3) is 3.45. The fourth-order valence-corrected chi connectivity index (χ4v) is 2.70. The molecule has 0 aliphatic heterocycles. The van der Waals surface area contributed by atoms with E-state index in [1.54, 1.807) is 4.90 Å². The number of carboxylic acid groups (broad SMARTS) is 1. The van der Waals surface area contributed by atoms with Gasteiger partial charge in [-0.05, 0) is 19.8 Å². The second-order valence-corrected chi connectivity index (χ2v) is 5.07. The smallest absolute Gasteiger partial charge is 0.305 e. The minimum Gasteiger partial charge on any atom is -0.481 e. The molecule has 0 aromatic carbocycles. The van der Waals surface area contributed by atoms with Crippen molar-refractivity contribution in [1.82, 2.24) is 4.90 Å². The van der Waals surface area contributed by atoms with Gasteiger partial charge in [0, 0.05) is 19.6 Å². The van der Waals surface area contributed by atoms with Crippen molar-refractivity contribution in [2.45, 2.75) is 45.4 Å². The summed E-state index contributed by atoms with van der Waals surface area (Å²) in [7, 11) is 0. The summed E-state index contributed by atoms with van der Waals surface area (Å²) in [4.78, 5) is 24.8. The molecule has 0 radical (unpaired) electrons. The number of nitrogens with two attached hydrogens (primary N) is 1. The summed E-state index contributed by atoms with van der Waals surface area (Å²) in [5.74, 6) is -0.819. The van der Waals surface area contributed by atoms with Gasteiger partial charge in [-0.1, -0.05) is 19.3 Å². The van der Waals surface area contributed by atoms with Crippen LogP contribution in [0.3, 0.4) is 0 Å². The van der Waals surface area contributed by atoms with Crippen LogP contribution >= 0.6 is 0 Å². The molecule has 1 saturated carbocycles. The molecule has 0 spiro atoms. The lowest BCUT2D eigenvalue weighted by molar-refractivity contribution is -0.145. The van der Waals surface area contributed by atoms with E-state index in [9.17, 15) is 9.59 Å². The standard InChI is InChI=1S/C13H24N2O3/c1-2-15(9-6-11(16)17)12(18)13(10-14)7-4-3-5-8-13/h2-10,14H2,1H3,(H,16,17). The van der Waals surface area contributed by atoms with Gasteiger partial charge < -0.3 is 15.7 Å². The van der Waals surface area contributed by atoms with E-state index in [0.717, 1.165) is 32.1 Å². The lowest BCUT2D eigenvalue weighted by Crippen LogP contribution is -2.49. The summed E-state index contributed by atoms with van der Waals surface area (Å²) in [5, 5.41) is 8.71. The molecular formula is C13H24N2O3. The van der Waals surface area contributed by atoms with Gasteiger partial charge in [-0.15, -0.1) is 0 Å². The predicted molar refractivity (Wildman–Crippen MR) is 69.1 cm³/mol. The van der Waals surface area contributed by atoms with Crippen molar-refractivity contribution in [2.24, 2.45) is 11.1 Å². The van der Waals surface area contributed by atoms with Gasteiger partial charge in [0.15, 0.2) is 0 Å². The molecule has 104 valence electrons. The largest absolute Gasteiger partial charge is 0.481 e. The van der Waals surface area contributed by atoms with Crippen molar-refractivity contribution in [3.63, 3.8) is 0 Å². The van der Waals surface area contributed by atoms with E-state index in [-0.39, 0.29) is 18.9 Å². The van der Waals surface area contributed by atoms with Crippen LogP contribution < -0.4 is 5.73 Å². The second kappa shape index (κ2) is 6.73. The summed E-state index contributed by atoms with van der Waals surface area (Å²) >= 11 is 0. The fraction of sp³-hybridized carbons (Fsp3) is 0.846. The number of hydrogen-bond donors (Lipinski definition) is 2. The van der Waals surface area contributed by atoms with Crippen LogP contribution in [-0.2, 0) is 9.59 Å². The second-order valence-electron chi connectivity index (χ2n) is 5.07. The third-order valence-corrected chi connectivity index (χ3v) is 3.92. The molecule has 0 saturated heterocycles. The van der Waals surface area contributed by atoms with Gasteiger partial charge in [-0.2, -0.15) is 0 Å². The molecule has 1 aliphatic rings. The Labute approximate surface area is 108 Å². The molecule has 0 aromatic rings. The molecule has 1 aliphatic carbocycles. The number of carbonyl (C=O) groups is 2. The minimum atomic E-state index is -0.869. The van der Waals surface area contributed by atoms with Crippen LogP contribution in [0.4, 0.5) is 0 Å². The molecule has 0 bridgehead atoms. The fourth-order valence-electron chi connectivity index (χ4n) is 2.70. The van der Waals surface area contributed by atoms with Crippen molar-refractivity contribution in [3.05, 3.63) is 0 Å². The number of carboxylic acids is 1. The Morgan fingerprint density at radius 3 is 2.33 bits per heavy atom. The Morgan fingerprint density at radius 1 is 1.28 bits per heavy atom. The van der Waals surface area contributed by atoms with E-state index in [0.29, 0.717) is 13.1 Å². The quantitative estimate of drug-likeness (QED) is 0.748. The first-order valence-corrected chi connectivity index (χ1v) is 6.77. The van der Waals surface area contributed by atoms with Gasteiger partial charge in [-0.25, -0.2) is 0 Å². The van der Waals surface area contributed by atoms with Crippen molar-refractivity contribution in [1.29, 1.82) is 0 Å². The number of nitrogens with zero attached hydrogens (tertiary/aromatic N) is 1. The Kier molecular flexibility index (Phi) is 5.59. The van der Waals surface area contributed by atoms with Crippen LogP contribution in [-0.4, -0.2) is 41.5 Å². The molecule has 0 unspecified atom stereocenters. The molecule has 5 nitrogen and oxygen atoms in total. The Balaban J connectivity index is 2.70. The Hall–Kier alpha value is -1.10. The first-order chi connectivity index (χ1) is 8.55. The van der Waals surface area contributed by atoms with E-state index in [2.05, 4.69) is 0 Å². The van der Waals surface area contributed by atoms with Crippen molar-refractivity contribution >= 4 is 11.9 Å². The zero-order valence-corrected chi connectivity index (χ0v) is 11.2.